The SMILES string of the molecule is CC1(C)CC(O)CC(C)(C)N1N1C(C)(C)CC(N=C=O)CC1(C)C. The quantitative estimate of drug-likeness (QED) is 0.621. The number of piperidine rings is 2. The molecule has 1 N–H and O–H groups in total. The zero-order valence-corrected chi connectivity index (χ0v) is 16.7. The summed E-state index contributed by atoms with van der Waals surface area (Å²) in [7, 11) is 0. The fourth-order valence-corrected chi connectivity index (χ4v) is 5.68. The zero-order valence-electron chi connectivity index (χ0n) is 16.7. The third kappa shape index (κ3) is 3.45. The maximum Gasteiger partial charge on any atom is 0.235 e. The van der Waals surface area contributed by atoms with Crippen LogP contribution < -0.4 is 0 Å². The first-order valence-electron chi connectivity index (χ1n) is 9.09. The lowest BCUT2D eigenvalue weighted by molar-refractivity contribution is -0.283. The average molecular weight is 338 g/mol. The summed E-state index contributed by atoms with van der Waals surface area (Å²) in [4.78, 5) is 14.8. The summed E-state index contributed by atoms with van der Waals surface area (Å²) in [5, 5.41) is 15.4. The van der Waals surface area contributed by atoms with Crippen molar-refractivity contribution in [3.8, 4) is 0 Å². The highest BCUT2D eigenvalue weighted by atomic mass is 16.3. The van der Waals surface area contributed by atoms with Gasteiger partial charge in [-0.05, 0) is 81.1 Å². The molecule has 5 nitrogen and oxygen atoms in total. The molecule has 0 aliphatic carbocycles. The van der Waals surface area contributed by atoms with Crippen molar-refractivity contribution in [3.05, 3.63) is 0 Å². The monoisotopic (exact) mass is 337 g/mol. The average Bonchev–Trinajstić information content (AvgIpc) is 2.29. The first-order chi connectivity index (χ1) is 10.7. The minimum atomic E-state index is -0.269. The Balaban J connectivity index is 2.49. The van der Waals surface area contributed by atoms with Gasteiger partial charge in [-0.1, -0.05) is 0 Å². The van der Waals surface area contributed by atoms with Crippen LogP contribution in [0, 0.1) is 0 Å². The summed E-state index contributed by atoms with van der Waals surface area (Å²) in [6.45, 7) is 17.8. The van der Waals surface area contributed by atoms with Crippen LogP contribution in [-0.4, -0.2) is 55.5 Å². The van der Waals surface area contributed by atoms with E-state index in [1.165, 1.54) is 0 Å². The van der Waals surface area contributed by atoms with Gasteiger partial charge in [0.05, 0.1) is 12.1 Å². The molecule has 0 radical (unpaired) electrons. The van der Waals surface area contributed by atoms with Gasteiger partial charge in [-0.3, -0.25) is 0 Å². The molecule has 24 heavy (non-hydrogen) atoms. The number of aliphatic imine (C=N–C) groups is 1. The second-order valence-corrected chi connectivity index (χ2v) is 10.2. The highest BCUT2D eigenvalue weighted by Crippen LogP contribution is 2.48. The molecule has 0 aromatic heterocycles. The van der Waals surface area contributed by atoms with Crippen LogP contribution in [0.25, 0.3) is 0 Å². The molecule has 0 aromatic carbocycles. The van der Waals surface area contributed by atoms with E-state index in [4.69, 9.17) is 0 Å². The first-order valence-corrected chi connectivity index (χ1v) is 9.09. The molecule has 5 heteroatoms. The van der Waals surface area contributed by atoms with Gasteiger partial charge in [-0.2, -0.15) is 0 Å². The van der Waals surface area contributed by atoms with Gasteiger partial charge < -0.3 is 5.11 Å². The topological polar surface area (TPSA) is 56.1 Å². The van der Waals surface area contributed by atoms with Crippen molar-refractivity contribution < 1.29 is 9.90 Å². The number of aliphatic hydroxyl groups is 1. The van der Waals surface area contributed by atoms with E-state index >= 15 is 0 Å². The van der Waals surface area contributed by atoms with Gasteiger partial charge in [0.2, 0.25) is 6.08 Å². The maximum absolute atomic E-state index is 10.8. The summed E-state index contributed by atoms with van der Waals surface area (Å²) in [5.41, 5.74) is -0.555. The van der Waals surface area contributed by atoms with Crippen LogP contribution in [0.15, 0.2) is 4.99 Å². The lowest BCUT2D eigenvalue weighted by Crippen LogP contribution is -2.77. The number of rotatable bonds is 2. The molecule has 0 aromatic rings. The number of isocyanates is 1. The van der Waals surface area contributed by atoms with Crippen molar-refractivity contribution in [3.63, 3.8) is 0 Å². The van der Waals surface area contributed by atoms with Crippen molar-refractivity contribution in [2.75, 3.05) is 0 Å². The minimum Gasteiger partial charge on any atom is -0.393 e. The van der Waals surface area contributed by atoms with E-state index in [1.54, 1.807) is 6.08 Å². The summed E-state index contributed by atoms with van der Waals surface area (Å²) in [5.74, 6) is 0. The van der Waals surface area contributed by atoms with E-state index in [2.05, 4.69) is 70.4 Å². The number of aliphatic hydroxyl groups excluding tert-OH is 1. The van der Waals surface area contributed by atoms with Crippen LogP contribution in [0.3, 0.4) is 0 Å². The summed E-state index contributed by atoms with van der Waals surface area (Å²) < 4.78 is 0. The number of nitrogens with zero attached hydrogens (tertiary/aromatic N) is 3. The number of carbonyl (C=O) groups excluding carboxylic acids is 1. The number of hydrogen-bond acceptors (Lipinski definition) is 5. The Morgan fingerprint density at radius 2 is 1.12 bits per heavy atom. The van der Waals surface area contributed by atoms with Crippen LogP contribution in [0.2, 0.25) is 0 Å². The molecular weight excluding hydrogens is 302 g/mol. The van der Waals surface area contributed by atoms with Crippen molar-refractivity contribution in [1.82, 2.24) is 10.0 Å². The molecule has 0 unspecified atom stereocenters. The molecule has 0 spiro atoms. The van der Waals surface area contributed by atoms with Gasteiger partial charge in [-0.25, -0.2) is 19.8 Å². The Bertz CT molecular complexity index is 497. The van der Waals surface area contributed by atoms with Crippen LogP contribution in [0.4, 0.5) is 0 Å². The van der Waals surface area contributed by atoms with E-state index in [0.717, 1.165) is 25.7 Å². The maximum atomic E-state index is 10.8. The van der Waals surface area contributed by atoms with Gasteiger partial charge in [0.15, 0.2) is 0 Å². The normalized spacial score (nSPS) is 30.7. The van der Waals surface area contributed by atoms with Gasteiger partial charge >= 0.3 is 0 Å². The van der Waals surface area contributed by atoms with E-state index < -0.39 is 0 Å². The van der Waals surface area contributed by atoms with Crippen LogP contribution in [-0.2, 0) is 4.79 Å². The predicted octanol–water partition coefficient (Wildman–Crippen LogP) is 3.27. The van der Waals surface area contributed by atoms with Gasteiger partial charge in [0.25, 0.3) is 0 Å². The summed E-state index contributed by atoms with van der Waals surface area (Å²) in [6, 6.07) is 0.0188. The third-order valence-electron chi connectivity index (χ3n) is 5.67. The summed E-state index contributed by atoms with van der Waals surface area (Å²) in [6.07, 6.45) is 4.67. The molecule has 2 rings (SSSR count). The van der Waals surface area contributed by atoms with E-state index in [-0.39, 0.29) is 34.3 Å². The van der Waals surface area contributed by atoms with Crippen molar-refractivity contribution in [2.24, 2.45) is 4.99 Å². The molecule has 2 fully saturated rings. The highest BCUT2D eigenvalue weighted by molar-refractivity contribution is 5.34. The van der Waals surface area contributed by atoms with Gasteiger partial charge in [0, 0.05) is 22.2 Å². The van der Waals surface area contributed by atoms with Crippen molar-refractivity contribution in [2.45, 2.75) is 115 Å². The Morgan fingerprint density at radius 3 is 1.46 bits per heavy atom. The van der Waals surface area contributed by atoms with Crippen LogP contribution >= 0.6 is 0 Å². The number of hydrazine groups is 1. The lowest BCUT2D eigenvalue weighted by atomic mass is 9.75. The molecule has 2 aliphatic heterocycles. The molecular formula is C19H35N3O2. The van der Waals surface area contributed by atoms with Crippen molar-refractivity contribution in [1.29, 1.82) is 0 Å². The van der Waals surface area contributed by atoms with Gasteiger partial charge in [0.1, 0.15) is 0 Å². The summed E-state index contributed by atoms with van der Waals surface area (Å²) >= 11 is 0. The molecule has 0 atom stereocenters. The van der Waals surface area contributed by atoms with E-state index in [9.17, 15) is 9.90 Å². The first kappa shape index (κ1) is 19.6. The van der Waals surface area contributed by atoms with Crippen LogP contribution in [0.5, 0.6) is 0 Å². The zero-order chi connectivity index (χ0) is 18.6. The smallest absolute Gasteiger partial charge is 0.235 e. The fraction of sp³-hybridized carbons (Fsp3) is 0.947. The van der Waals surface area contributed by atoms with E-state index in [0.29, 0.717) is 0 Å². The Labute approximate surface area is 147 Å². The molecule has 2 saturated heterocycles. The Kier molecular flexibility index (Phi) is 4.82. The largest absolute Gasteiger partial charge is 0.393 e. The molecule has 2 heterocycles. The minimum absolute atomic E-state index is 0.0188. The van der Waals surface area contributed by atoms with E-state index in [1.807, 2.05) is 0 Å². The number of hydrogen-bond donors (Lipinski definition) is 1. The lowest BCUT2D eigenvalue weighted by Gasteiger charge is -2.67. The van der Waals surface area contributed by atoms with Gasteiger partial charge in [-0.15, -0.1) is 0 Å². The Hall–Kier alpha value is -0.740. The third-order valence-corrected chi connectivity index (χ3v) is 5.67. The second-order valence-electron chi connectivity index (χ2n) is 10.2. The predicted molar refractivity (Wildman–Crippen MR) is 96.4 cm³/mol. The van der Waals surface area contributed by atoms with Crippen molar-refractivity contribution >= 4 is 6.08 Å². The second kappa shape index (κ2) is 5.91. The molecule has 0 saturated carbocycles. The molecule has 0 bridgehead atoms. The highest BCUT2D eigenvalue weighted by Gasteiger charge is 2.56. The van der Waals surface area contributed by atoms with Crippen LogP contribution in [0.1, 0.15) is 81.1 Å². The fourth-order valence-electron chi connectivity index (χ4n) is 5.68. The molecule has 2 aliphatic rings. The molecule has 0 amide bonds. The standard InChI is InChI=1S/C19H35N3O2/c1-16(2)9-14(20-13-23)10-17(3,4)21(16)22-18(5,6)11-15(24)12-19(22,7)8/h14-15,24H,9-12H2,1-8H3. The molecule has 138 valence electrons. The Morgan fingerprint density at radius 1 is 0.792 bits per heavy atom.